The number of hydrogen-bond donors (Lipinski definition) is 2. The van der Waals surface area contributed by atoms with E-state index in [9.17, 15) is 5.11 Å². The Hall–Kier alpha value is -2.38. The molecule has 2 heterocycles. The number of aryl methyl sites for hydroxylation is 1. The highest BCUT2D eigenvalue weighted by atomic mass is 35.5. The summed E-state index contributed by atoms with van der Waals surface area (Å²) in [4.78, 5) is 8.90. The number of methoxy groups -OCH3 is 1. The molecule has 27 heavy (non-hydrogen) atoms. The molecule has 0 amide bonds. The molecule has 1 fully saturated rings. The zero-order chi connectivity index (χ0) is 19.0. The smallest absolute Gasteiger partial charge is 0.225 e. The van der Waals surface area contributed by atoms with Gasteiger partial charge in [-0.05, 0) is 31.4 Å². The third kappa shape index (κ3) is 3.57. The Bertz CT molecular complexity index is 974. The number of ether oxygens (including phenoxy) is 1. The first-order chi connectivity index (χ1) is 13.0. The standard InChI is InChI=1S/C19H22ClN5O2/c1-11-7-13(20)8-16(27-2)17(11)25-10-12-9-21-19(23-18(12)24-25)22-14-5-3-4-6-15(14)26/h7-10,14-15,26H,3-6H2,1-2H3,(H,22,23,24)/t14-,15-/m1/s1. The largest absolute Gasteiger partial charge is 0.494 e. The molecule has 1 aliphatic rings. The van der Waals surface area contributed by atoms with Crippen molar-refractivity contribution in [2.75, 3.05) is 12.4 Å². The van der Waals surface area contributed by atoms with E-state index in [-0.39, 0.29) is 12.1 Å². The predicted octanol–water partition coefficient (Wildman–Crippen LogP) is 3.50. The molecule has 0 bridgehead atoms. The number of anilines is 1. The Morgan fingerprint density at radius 1 is 1.30 bits per heavy atom. The van der Waals surface area contributed by atoms with Crippen LogP contribution in [0.15, 0.2) is 24.5 Å². The van der Waals surface area contributed by atoms with Crippen molar-refractivity contribution in [2.24, 2.45) is 0 Å². The molecular formula is C19H22ClN5O2. The average Bonchev–Trinajstić information content (AvgIpc) is 3.05. The van der Waals surface area contributed by atoms with E-state index >= 15 is 0 Å². The fraction of sp³-hybridized carbons (Fsp3) is 0.421. The summed E-state index contributed by atoms with van der Waals surface area (Å²) in [5.41, 5.74) is 2.34. The molecular weight excluding hydrogens is 366 g/mol. The predicted molar refractivity (Wildman–Crippen MR) is 105 cm³/mol. The number of benzene rings is 1. The molecule has 0 saturated heterocycles. The first kappa shape index (κ1) is 18.0. The highest BCUT2D eigenvalue weighted by Gasteiger charge is 2.23. The molecule has 0 radical (unpaired) electrons. The lowest BCUT2D eigenvalue weighted by molar-refractivity contribution is 0.116. The summed E-state index contributed by atoms with van der Waals surface area (Å²) in [6.45, 7) is 1.96. The minimum Gasteiger partial charge on any atom is -0.494 e. The molecule has 8 heteroatoms. The van der Waals surface area contributed by atoms with Gasteiger partial charge >= 0.3 is 0 Å². The second-order valence-electron chi connectivity index (χ2n) is 6.92. The van der Waals surface area contributed by atoms with Crippen LogP contribution in [-0.2, 0) is 0 Å². The summed E-state index contributed by atoms with van der Waals surface area (Å²) >= 11 is 6.13. The van der Waals surface area contributed by atoms with Gasteiger partial charge in [0.2, 0.25) is 5.95 Å². The highest BCUT2D eigenvalue weighted by Crippen LogP contribution is 2.31. The van der Waals surface area contributed by atoms with E-state index in [0.717, 1.165) is 42.3 Å². The van der Waals surface area contributed by atoms with E-state index in [4.69, 9.17) is 16.3 Å². The van der Waals surface area contributed by atoms with Gasteiger partial charge in [-0.2, -0.15) is 4.98 Å². The Labute approximate surface area is 162 Å². The summed E-state index contributed by atoms with van der Waals surface area (Å²) in [5, 5.41) is 19.4. The Morgan fingerprint density at radius 3 is 2.89 bits per heavy atom. The molecule has 142 valence electrons. The SMILES string of the molecule is COc1cc(Cl)cc(C)c1-n1cc2cnc(N[C@@H]3CCCC[C@H]3O)nc2n1. The zero-order valence-electron chi connectivity index (χ0n) is 15.3. The van der Waals surface area contributed by atoms with Crippen LogP contribution >= 0.6 is 11.6 Å². The average molecular weight is 388 g/mol. The lowest BCUT2D eigenvalue weighted by Gasteiger charge is -2.28. The molecule has 1 aliphatic carbocycles. The normalized spacial score (nSPS) is 20.0. The maximum Gasteiger partial charge on any atom is 0.225 e. The van der Waals surface area contributed by atoms with Gasteiger partial charge in [0, 0.05) is 23.5 Å². The van der Waals surface area contributed by atoms with Gasteiger partial charge in [0.25, 0.3) is 0 Å². The molecule has 7 nitrogen and oxygen atoms in total. The van der Waals surface area contributed by atoms with E-state index in [1.807, 2.05) is 19.2 Å². The van der Waals surface area contributed by atoms with Gasteiger partial charge in [-0.1, -0.05) is 24.4 Å². The second kappa shape index (κ2) is 7.32. The number of halogens is 1. The van der Waals surface area contributed by atoms with Crippen LogP contribution in [0, 0.1) is 6.92 Å². The topological polar surface area (TPSA) is 85.1 Å². The van der Waals surface area contributed by atoms with Crippen LogP contribution in [0.25, 0.3) is 16.7 Å². The van der Waals surface area contributed by atoms with Crippen molar-refractivity contribution >= 4 is 28.6 Å². The maximum atomic E-state index is 10.1. The van der Waals surface area contributed by atoms with Gasteiger partial charge in [-0.15, -0.1) is 5.10 Å². The number of fused-ring (bicyclic) bond motifs is 1. The molecule has 4 rings (SSSR count). The lowest BCUT2D eigenvalue weighted by Crippen LogP contribution is -2.36. The molecule has 2 N–H and O–H groups in total. The highest BCUT2D eigenvalue weighted by molar-refractivity contribution is 6.30. The van der Waals surface area contributed by atoms with Crippen LogP contribution in [0.1, 0.15) is 31.2 Å². The number of aromatic nitrogens is 4. The number of rotatable bonds is 4. The first-order valence-electron chi connectivity index (χ1n) is 9.06. The maximum absolute atomic E-state index is 10.1. The molecule has 2 aromatic heterocycles. The molecule has 1 aromatic carbocycles. The van der Waals surface area contributed by atoms with Gasteiger partial charge in [0.15, 0.2) is 5.65 Å². The van der Waals surface area contributed by atoms with Crippen molar-refractivity contribution in [2.45, 2.75) is 44.8 Å². The van der Waals surface area contributed by atoms with Crippen LogP contribution in [0.5, 0.6) is 5.75 Å². The summed E-state index contributed by atoms with van der Waals surface area (Å²) in [7, 11) is 1.61. The van der Waals surface area contributed by atoms with Crippen LogP contribution in [0.4, 0.5) is 5.95 Å². The Balaban J connectivity index is 1.67. The monoisotopic (exact) mass is 387 g/mol. The van der Waals surface area contributed by atoms with E-state index in [0.29, 0.717) is 22.4 Å². The second-order valence-corrected chi connectivity index (χ2v) is 7.36. The Kier molecular flexibility index (Phi) is 4.88. The number of aliphatic hydroxyl groups is 1. The molecule has 3 aromatic rings. The first-order valence-corrected chi connectivity index (χ1v) is 9.44. The fourth-order valence-corrected chi connectivity index (χ4v) is 3.86. The van der Waals surface area contributed by atoms with Crippen LogP contribution in [-0.4, -0.2) is 44.1 Å². The van der Waals surface area contributed by atoms with Gasteiger partial charge in [-0.25, -0.2) is 9.67 Å². The summed E-state index contributed by atoms with van der Waals surface area (Å²) in [5.74, 6) is 1.13. The molecule has 0 spiro atoms. The number of hydrogen-bond acceptors (Lipinski definition) is 6. The summed E-state index contributed by atoms with van der Waals surface area (Å²) < 4.78 is 7.21. The molecule has 0 aliphatic heterocycles. The third-order valence-electron chi connectivity index (χ3n) is 4.98. The van der Waals surface area contributed by atoms with Crippen molar-refractivity contribution < 1.29 is 9.84 Å². The molecule has 1 saturated carbocycles. The Morgan fingerprint density at radius 2 is 2.11 bits per heavy atom. The van der Waals surface area contributed by atoms with Crippen molar-refractivity contribution in [3.63, 3.8) is 0 Å². The fourth-order valence-electron chi connectivity index (χ4n) is 3.60. The van der Waals surface area contributed by atoms with Gasteiger partial charge in [0.1, 0.15) is 11.4 Å². The van der Waals surface area contributed by atoms with E-state index in [1.54, 1.807) is 24.1 Å². The van der Waals surface area contributed by atoms with E-state index in [2.05, 4.69) is 20.4 Å². The van der Waals surface area contributed by atoms with Gasteiger partial charge in [0.05, 0.1) is 24.6 Å². The van der Waals surface area contributed by atoms with Gasteiger partial charge < -0.3 is 15.2 Å². The van der Waals surface area contributed by atoms with Crippen molar-refractivity contribution in [1.29, 1.82) is 0 Å². The number of nitrogens with one attached hydrogen (secondary N) is 1. The molecule has 2 atom stereocenters. The van der Waals surface area contributed by atoms with Gasteiger partial charge in [-0.3, -0.25) is 0 Å². The minimum absolute atomic E-state index is 0.0168. The van der Waals surface area contributed by atoms with Crippen molar-refractivity contribution in [1.82, 2.24) is 19.7 Å². The lowest BCUT2D eigenvalue weighted by atomic mass is 9.93. The van der Waals surface area contributed by atoms with Crippen LogP contribution in [0.2, 0.25) is 5.02 Å². The number of aliphatic hydroxyl groups excluding tert-OH is 1. The van der Waals surface area contributed by atoms with Crippen LogP contribution < -0.4 is 10.1 Å². The summed E-state index contributed by atoms with van der Waals surface area (Å²) in [6.07, 6.45) is 7.13. The molecule has 0 unspecified atom stereocenters. The minimum atomic E-state index is -0.364. The van der Waals surface area contributed by atoms with Crippen molar-refractivity contribution in [3.05, 3.63) is 35.1 Å². The summed E-state index contributed by atoms with van der Waals surface area (Å²) in [6, 6.07) is 3.62. The third-order valence-corrected chi connectivity index (χ3v) is 5.20. The van der Waals surface area contributed by atoms with Crippen molar-refractivity contribution in [3.8, 4) is 11.4 Å². The van der Waals surface area contributed by atoms with E-state index < -0.39 is 0 Å². The zero-order valence-corrected chi connectivity index (χ0v) is 16.1. The van der Waals surface area contributed by atoms with E-state index in [1.165, 1.54) is 0 Å². The van der Waals surface area contributed by atoms with Crippen LogP contribution in [0.3, 0.4) is 0 Å². The quantitative estimate of drug-likeness (QED) is 0.712. The number of nitrogens with zero attached hydrogens (tertiary/aromatic N) is 4.